The van der Waals surface area contributed by atoms with Gasteiger partial charge in [-0.1, -0.05) is 11.6 Å². The third kappa shape index (κ3) is 3.16. The van der Waals surface area contributed by atoms with Crippen LogP contribution in [-0.4, -0.2) is 44.9 Å². The van der Waals surface area contributed by atoms with Gasteiger partial charge in [0.1, 0.15) is 5.15 Å². The number of aromatic nitrogens is 2. The number of aliphatic hydroxyl groups excluding tert-OH is 1. The summed E-state index contributed by atoms with van der Waals surface area (Å²) in [6.07, 6.45) is 5.24. The average Bonchev–Trinajstić information content (AvgIpc) is 3.15. The van der Waals surface area contributed by atoms with Crippen LogP contribution in [0.1, 0.15) is 24.1 Å². The fourth-order valence-corrected chi connectivity index (χ4v) is 2.29. The Morgan fingerprint density at radius 3 is 2.79 bits per heavy atom. The Balaban J connectivity index is 2.10. The molecule has 1 N–H and O–H groups in total. The van der Waals surface area contributed by atoms with Crippen LogP contribution in [0, 0.1) is 6.92 Å². The monoisotopic (exact) mass is 283 g/mol. The molecule has 0 aromatic carbocycles. The average molecular weight is 284 g/mol. The Bertz CT molecular complexity index is 506. The van der Waals surface area contributed by atoms with Crippen LogP contribution in [0.2, 0.25) is 5.15 Å². The molecular formula is C13H18ClN3O2. The van der Waals surface area contributed by atoms with E-state index in [1.165, 1.54) is 6.08 Å². The van der Waals surface area contributed by atoms with Crippen molar-refractivity contribution in [1.82, 2.24) is 14.7 Å². The molecule has 0 aliphatic heterocycles. The first kappa shape index (κ1) is 14.1. The predicted molar refractivity (Wildman–Crippen MR) is 73.8 cm³/mol. The minimum Gasteiger partial charge on any atom is -0.395 e. The van der Waals surface area contributed by atoms with Crippen molar-refractivity contribution in [2.24, 2.45) is 7.05 Å². The largest absolute Gasteiger partial charge is 0.395 e. The number of hydrogen-bond donors (Lipinski definition) is 1. The van der Waals surface area contributed by atoms with Crippen molar-refractivity contribution in [2.45, 2.75) is 25.8 Å². The number of aliphatic hydroxyl groups is 1. The van der Waals surface area contributed by atoms with Gasteiger partial charge >= 0.3 is 0 Å². The van der Waals surface area contributed by atoms with E-state index in [0.717, 1.165) is 24.1 Å². The van der Waals surface area contributed by atoms with Gasteiger partial charge in [0.25, 0.3) is 0 Å². The summed E-state index contributed by atoms with van der Waals surface area (Å²) in [6, 6.07) is 0.287. The van der Waals surface area contributed by atoms with E-state index in [-0.39, 0.29) is 18.6 Å². The van der Waals surface area contributed by atoms with Crippen molar-refractivity contribution >= 4 is 23.6 Å². The molecule has 0 atom stereocenters. The lowest BCUT2D eigenvalue weighted by Crippen LogP contribution is -2.34. The highest BCUT2D eigenvalue weighted by Crippen LogP contribution is 2.27. The van der Waals surface area contributed by atoms with E-state index < -0.39 is 0 Å². The van der Waals surface area contributed by atoms with Gasteiger partial charge in [-0.3, -0.25) is 9.48 Å². The molecule has 1 aliphatic carbocycles. The number of aryl methyl sites for hydroxylation is 2. The molecule has 1 fully saturated rings. The number of hydrogen-bond acceptors (Lipinski definition) is 3. The number of carbonyl (C=O) groups excluding carboxylic acids is 1. The number of nitrogens with zero attached hydrogens (tertiary/aromatic N) is 3. The maximum absolute atomic E-state index is 12.1. The maximum atomic E-state index is 12.1. The molecule has 1 saturated carbocycles. The first-order chi connectivity index (χ1) is 9.04. The Labute approximate surface area is 117 Å². The van der Waals surface area contributed by atoms with E-state index in [4.69, 9.17) is 16.7 Å². The van der Waals surface area contributed by atoms with Crippen molar-refractivity contribution in [2.75, 3.05) is 13.2 Å². The molecule has 0 unspecified atom stereocenters. The summed E-state index contributed by atoms with van der Waals surface area (Å²) in [5.74, 6) is -0.0872. The van der Waals surface area contributed by atoms with Gasteiger partial charge in [0.05, 0.1) is 12.3 Å². The molecule has 6 heteroatoms. The SMILES string of the molecule is Cc1nn(C)c(Cl)c1/C=C/C(=O)N(CCO)C1CC1. The predicted octanol–water partition coefficient (Wildman–Crippen LogP) is 1.38. The van der Waals surface area contributed by atoms with E-state index in [9.17, 15) is 4.79 Å². The van der Waals surface area contributed by atoms with Gasteiger partial charge in [0, 0.05) is 31.3 Å². The number of amides is 1. The Morgan fingerprint density at radius 2 is 2.32 bits per heavy atom. The van der Waals surface area contributed by atoms with Crippen LogP contribution < -0.4 is 0 Å². The lowest BCUT2D eigenvalue weighted by molar-refractivity contribution is -0.127. The summed E-state index contributed by atoms with van der Waals surface area (Å²) in [4.78, 5) is 13.8. The minimum absolute atomic E-state index is 0.0112. The van der Waals surface area contributed by atoms with E-state index in [0.29, 0.717) is 11.7 Å². The second-order valence-corrected chi connectivity index (χ2v) is 5.09. The lowest BCUT2D eigenvalue weighted by atomic mass is 10.2. The summed E-state index contributed by atoms with van der Waals surface area (Å²) >= 11 is 6.10. The molecular weight excluding hydrogens is 266 g/mol. The number of rotatable bonds is 5. The normalized spacial score (nSPS) is 15.2. The molecule has 104 valence electrons. The zero-order valence-corrected chi connectivity index (χ0v) is 11.9. The molecule has 0 spiro atoms. The van der Waals surface area contributed by atoms with E-state index >= 15 is 0 Å². The molecule has 0 radical (unpaired) electrons. The zero-order chi connectivity index (χ0) is 14.0. The summed E-state index contributed by atoms with van der Waals surface area (Å²) in [6.45, 7) is 2.22. The summed E-state index contributed by atoms with van der Waals surface area (Å²) in [5, 5.41) is 13.7. The highest BCUT2D eigenvalue weighted by atomic mass is 35.5. The van der Waals surface area contributed by atoms with E-state index in [1.807, 2.05) is 6.92 Å². The third-order valence-electron chi connectivity index (χ3n) is 3.20. The molecule has 1 aromatic heterocycles. The highest BCUT2D eigenvalue weighted by Gasteiger charge is 2.30. The maximum Gasteiger partial charge on any atom is 0.246 e. The second-order valence-electron chi connectivity index (χ2n) is 4.73. The molecule has 0 bridgehead atoms. The Hall–Kier alpha value is -1.33. The third-order valence-corrected chi connectivity index (χ3v) is 3.65. The van der Waals surface area contributed by atoms with Gasteiger partial charge in [-0.05, 0) is 25.8 Å². The zero-order valence-electron chi connectivity index (χ0n) is 11.1. The van der Waals surface area contributed by atoms with E-state index in [1.54, 1.807) is 22.7 Å². The highest BCUT2D eigenvalue weighted by molar-refractivity contribution is 6.31. The van der Waals surface area contributed by atoms with Crippen LogP contribution in [0.5, 0.6) is 0 Å². The smallest absolute Gasteiger partial charge is 0.246 e. The molecule has 5 nitrogen and oxygen atoms in total. The van der Waals surface area contributed by atoms with Gasteiger partial charge in [-0.15, -0.1) is 0 Å². The van der Waals surface area contributed by atoms with Crippen LogP contribution in [0.25, 0.3) is 6.08 Å². The summed E-state index contributed by atoms with van der Waals surface area (Å²) < 4.78 is 1.58. The minimum atomic E-state index is -0.0872. The van der Waals surface area contributed by atoms with Crippen LogP contribution in [0.15, 0.2) is 6.08 Å². The molecule has 1 aromatic rings. The van der Waals surface area contributed by atoms with Crippen LogP contribution in [0.3, 0.4) is 0 Å². The Kier molecular flexibility index (Phi) is 4.27. The molecule has 2 rings (SSSR count). The Morgan fingerprint density at radius 1 is 1.63 bits per heavy atom. The summed E-state index contributed by atoms with van der Waals surface area (Å²) in [5.41, 5.74) is 1.55. The first-order valence-electron chi connectivity index (χ1n) is 6.33. The lowest BCUT2D eigenvalue weighted by Gasteiger charge is -2.19. The van der Waals surface area contributed by atoms with Gasteiger partial charge in [-0.25, -0.2) is 0 Å². The second kappa shape index (κ2) is 5.75. The van der Waals surface area contributed by atoms with Crippen LogP contribution in [-0.2, 0) is 11.8 Å². The molecule has 1 amide bonds. The first-order valence-corrected chi connectivity index (χ1v) is 6.71. The van der Waals surface area contributed by atoms with Gasteiger partial charge in [-0.2, -0.15) is 5.10 Å². The van der Waals surface area contributed by atoms with Gasteiger partial charge in [0.2, 0.25) is 5.91 Å². The van der Waals surface area contributed by atoms with Crippen molar-refractivity contribution in [3.63, 3.8) is 0 Å². The van der Waals surface area contributed by atoms with Gasteiger partial charge in [0.15, 0.2) is 0 Å². The van der Waals surface area contributed by atoms with Gasteiger partial charge < -0.3 is 10.0 Å². The van der Waals surface area contributed by atoms with Crippen molar-refractivity contribution in [1.29, 1.82) is 0 Å². The molecule has 1 aliphatic rings. The standard InChI is InChI=1S/C13H18ClN3O2/c1-9-11(13(14)16(2)15-9)5-6-12(19)17(7-8-18)10-3-4-10/h5-6,10,18H,3-4,7-8H2,1-2H3/b6-5+. The van der Waals surface area contributed by atoms with Crippen molar-refractivity contribution in [3.05, 3.63) is 22.5 Å². The molecule has 1 heterocycles. The van der Waals surface area contributed by atoms with Crippen molar-refractivity contribution in [3.8, 4) is 0 Å². The van der Waals surface area contributed by atoms with Crippen molar-refractivity contribution < 1.29 is 9.90 Å². The fourth-order valence-electron chi connectivity index (χ4n) is 2.05. The summed E-state index contributed by atoms with van der Waals surface area (Å²) in [7, 11) is 1.76. The fraction of sp³-hybridized carbons (Fsp3) is 0.538. The molecule has 19 heavy (non-hydrogen) atoms. The molecule has 0 saturated heterocycles. The quantitative estimate of drug-likeness (QED) is 0.831. The van der Waals surface area contributed by atoms with E-state index in [2.05, 4.69) is 5.10 Å². The van der Waals surface area contributed by atoms with Crippen LogP contribution in [0.4, 0.5) is 0 Å². The number of carbonyl (C=O) groups is 1. The number of halogens is 1. The van der Waals surface area contributed by atoms with Crippen LogP contribution >= 0.6 is 11.6 Å². The topological polar surface area (TPSA) is 58.4 Å².